The van der Waals surface area contributed by atoms with Crippen molar-refractivity contribution in [2.24, 2.45) is 0 Å². The van der Waals surface area contributed by atoms with Crippen molar-refractivity contribution in [2.75, 3.05) is 0 Å². The molecule has 1 aromatic heterocycles. The fraction of sp³-hybridized carbons (Fsp3) is 0. The highest BCUT2D eigenvalue weighted by atomic mass is 16.1. The molecule has 14 heavy (non-hydrogen) atoms. The fourth-order valence-electron chi connectivity index (χ4n) is 1.17. The number of carbonyl (C=O) groups excluding carboxylic acids is 1. The number of hydrogen-bond acceptors (Lipinski definition) is 5. The summed E-state index contributed by atoms with van der Waals surface area (Å²) in [7, 11) is 0. The molecule has 0 unspecified atom stereocenters. The van der Waals surface area contributed by atoms with Crippen molar-refractivity contribution in [2.45, 2.75) is 0 Å². The van der Waals surface area contributed by atoms with Crippen LogP contribution in [0.4, 0.5) is 0 Å². The average molecular weight is 184 g/mol. The number of allylic oxidation sites excluding steroid dienone is 1. The summed E-state index contributed by atoms with van der Waals surface area (Å²) in [6, 6.07) is 1.90. The Morgan fingerprint density at radius 2 is 2.36 bits per heavy atom. The van der Waals surface area contributed by atoms with Crippen molar-refractivity contribution in [3.05, 3.63) is 29.5 Å². The van der Waals surface area contributed by atoms with Crippen molar-refractivity contribution in [3.8, 4) is 6.07 Å². The lowest BCUT2D eigenvalue weighted by Gasteiger charge is -2.12. The van der Waals surface area contributed by atoms with Crippen LogP contribution >= 0.6 is 0 Å². The van der Waals surface area contributed by atoms with Gasteiger partial charge in [0.15, 0.2) is 11.6 Å². The van der Waals surface area contributed by atoms with E-state index < -0.39 is 0 Å². The maximum atomic E-state index is 10.6. The first-order chi connectivity index (χ1) is 6.85. The molecule has 0 saturated carbocycles. The van der Waals surface area contributed by atoms with Gasteiger partial charge in [0.2, 0.25) is 0 Å². The smallest absolute Gasteiger partial charge is 0.152 e. The molecule has 5 heteroatoms. The molecule has 0 bridgehead atoms. The Kier molecular flexibility index (Phi) is 1.83. The molecule has 0 saturated heterocycles. The Morgan fingerprint density at radius 1 is 1.50 bits per heavy atom. The Bertz CT molecular complexity index is 506. The van der Waals surface area contributed by atoms with E-state index in [0.717, 1.165) is 0 Å². The monoisotopic (exact) mass is 184 g/mol. The lowest BCUT2D eigenvalue weighted by Crippen LogP contribution is -2.17. The molecule has 0 radical (unpaired) electrons. The molecule has 1 aliphatic rings. The fourth-order valence-corrected chi connectivity index (χ4v) is 1.17. The van der Waals surface area contributed by atoms with Crippen LogP contribution in [0.2, 0.25) is 0 Å². The highest BCUT2D eigenvalue weighted by Crippen LogP contribution is 2.19. The van der Waals surface area contributed by atoms with Gasteiger partial charge in [-0.25, -0.2) is 14.8 Å². The Balaban J connectivity index is 2.68. The summed E-state index contributed by atoms with van der Waals surface area (Å²) in [6.45, 7) is 0. The third-order valence-electron chi connectivity index (χ3n) is 1.76. The molecule has 2 rings (SSSR count). The maximum Gasteiger partial charge on any atom is 0.152 e. The normalized spacial score (nSPS) is 13.1. The van der Waals surface area contributed by atoms with Gasteiger partial charge in [0.1, 0.15) is 23.8 Å². The van der Waals surface area contributed by atoms with Gasteiger partial charge in [0.05, 0.1) is 0 Å². The van der Waals surface area contributed by atoms with Gasteiger partial charge in [-0.1, -0.05) is 0 Å². The second-order valence-electron chi connectivity index (χ2n) is 2.60. The zero-order chi connectivity index (χ0) is 9.97. The SMILES string of the molecule is N#CC1=Cc2cncnc2C(=C=O)N1. The summed E-state index contributed by atoms with van der Waals surface area (Å²) in [4.78, 5) is 18.3. The minimum atomic E-state index is 0.168. The number of nitrogens with zero attached hydrogens (tertiary/aromatic N) is 3. The molecule has 1 N–H and O–H groups in total. The standard InChI is InChI=1S/C9H4N4O/c10-2-7-1-6-3-11-5-12-9(6)8(4-14)13-7/h1,3,5,13H. The third-order valence-corrected chi connectivity index (χ3v) is 1.76. The van der Waals surface area contributed by atoms with Gasteiger partial charge >= 0.3 is 0 Å². The predicted octanol–water partition coefficient (Wildman–Crippen LogP) is 0.117. The highest BCUT2D eigenvalue weighted by Gasteiger charge is 2.16. The van der Waals surface area contributed by atoms with Crippen LogP contribution in [0.25, 0.3) is 11.8 Å². The molecular weight excluding hydrogens is 180 g/mol. The quantitative estimate of drug-likeness (QED) is 0.579. The summed E-state index contributed by atoms with van der Waals surface area (Å²) < 4.78 is 0. The second kappa shape index (κ2) is 3.13. The molecule has 0 atom stereocenters. The zero-order valence-corrected chi connectivity index (χ0v) is 6.98. The van der Waals surface area contributed by atoms with Gasteiger partial charge in [0, 0.05) is 11.8 Å². The zero-order valence-electron chi connectivity index (χ0n) is 6.98. The van der Waals surface area contributed by atoms with Crippen molar-refractivity contribution < 1.29 is 4.79 Å². The summed E-state index contributed by atoms with van der Waals surface area (Å²) >= 11 is 0. The molecule has 1 aliphatic heterocycles. The number of nitriles is 1. The second-order valence-corrected chi connectivity index (χ2v) is 2.60. The van der Waals surface area contributed by atoms with Crippen LogP contribution in [-0.2, 0) is 4.79 Å². The van der Waals surface area contributed by atoms with Crippen LogP contribution in [0, 0.1) is 11.3 Å². The van der Waals surface area contributed by atoms with Crippen LogP contribution in [0.15, 0.2) is 18.2 Å². The first kappa shape index (κ1) is 8.17. The van der Waals surface area contributed by atoms with Crippen molar-refractivity contribution in [3.63, 3.8) is 0 Å². The molecular formula is C9H4N4O. The summed E-state index contributed by atoms with van der Waals surface area (Å²) in [6.07, 6.45) is 4.46. The first-order valence-corrected chi connectivity index (χ1v) is 3.79. The predicted molar refractivity (Wildman–Crippen MR) is 47.9 cm³/mol. The molecule has 0 aromatic carbocycles. The van der Waals surface area contributed by atoms with Gasteiger partial charge < -0.3 is 5.32 Å². The number of fused-ring (bicyclic) bond motifs is 1. The summed E-state index contributed by atoms with van der Waals surface area (Å²) in [5.74, 6) is 1.70. The molecule has 2 heterocycles. The van der Waals surface area contributed by atoms with Crippen LogP contribution in [0.3, 0.4) is 0 Å². The van der Waals surface area contributed by atoms with Crippen LogP contribution in [0.1, 0.15) is 11.3 Å². The summed E-state index contributed by atoms with van der Waals surface area (Å²) in [5.41, 5.74) is 1.56. The molecule has 0 fully saturated rings. The molecule has 0 amide bonds. The van der Waals surface area contributed by atoms with Crippen molar-refractivity contribution in [1.29, 1.82) is 5.26 Å². The number of hydrogen-bond donors (Lipinski definition) is 1. The van der Waals surface area contributed by atoms with Gasteiger partial charge in [-0.15, -0.1) is 0 Å². The molecule has 0 aliphatic carbocycles. The minimum absolute atomic E-state index is 0.168. The van der Waals surface area contributed by atoms with E-state index in [1.807, 2.05) is 6.07 Å². The van der Waals surface area contributed by atoms with Gasteiger partial charge in [0.25, 0.3) is 0 Å². The van der Waals surface area contributed by atoms with E-state index >= 15 is 0 Å². The average Bonchev–Trinajstić information content (AvgIpc) is 2.27. The van der Waals surface area contributed by atoms with E-state index in [4.69, 9.17) is 5.26 Å². The topological polar surface area (TPSA) is 78.7 Å². The van der Waals surface area contributed by atoms with E-state index in [2.05, 4.69) is 15.3 Å². The molecule has 5 nitrogen and oxygen atoms in total. The van der Waals surface area contributed by atoms with E-state index in [9.17, 15) is 4.79 Å². The Hall–Kier alpha value is -2.44. The van der Waals surface area contributed by atoms with Crippen LogP contribution < -0.4 is 5.32 Å². The summed E-state index contributed by atoms with van der Waals surface area (Å²) in [5, 5.41) is 11.3. The molecule has 66 valence electrons. The first-order valence-electron chi connectivity index (χ1n) is 3.79. The van der Waals surface area contributed by atoms with E-state index in [0.29, 0.717) is 11.3 Å². The van der Waals surface area contributed by atoms with Crippen LogP contribution in [-0.4, -0.2) is 15.9 Å². The number of rotatable bonds is 0. The Morgan fingerprint density at radius 3 is 3.07 bits per heavy atom. The van der Waals surface area contributed by atoms with E-state index in [1.165, 1.54) is 12.5 Å². The number of aromatic nitrogens is 2. The lowest BCUT2D eigenvalue weighted by molar-refractivity contribution is 0.568. The minimum Gasteiger partial charge on any atom is -0.336 e. The van der Waals surface area contributed by atoms with Crippen LogP contribution in [0.5, 0.6) is 0 Å². The van der Waals surface area contributed by atoms with Gasteiger partial charge in [-0.2, -0.15) is 5.26 Å². The largest absolute Gasteiger partial charge is 0.336 e. The van der Waals surface area contributed by atoms with E-state index in [-0.39, 0.29) is 11.4 Å². The highest BCUT2D eigenvalue weighted by molar-refractivity contribution is 5.91. The van der Waals surface area contributed by atoms with Gasteiger partial charge in [-0.3, -0.25) is 0 Å². The molecule has 0 spiro atoms. The number of nitrogens with one attached hydrogen (secondary N) is 1. The van der Waals surface area contributed by atoms with Crippen molar-refractivity contribution in [1.82, 2.24) is 15.3 Å². The maximum absolute atomic E-state index is 10.6. The lowest BCUT2D eigenvalue weighted by atomic mass is 10.1. The van der Waals surface area contributed by atoms with Gasteiger partial charge in [-0.05, 0) is 6.08 Å². The van der Waals surface area contributed by atoms with Crippen molar-refractivity contribution >= 4 is 17.7 Å². The molecule has 1 aromatic rings. The Labute approximate surface area is 79.4 Å². The van der Waals surface area contributed by atoms with E-state index in [1.54, 1.807) is 12.0 Å². The third kappa shape index (κ3) is 1.16.